The first-order valence-electron chi connectivity index (χ1n) is 12.4. The minimum Gasteiger partial charge on any atom is -0.466 e. The van der Waals surface area contributed by atoms with Crippen LogP contribution >= 0.6 is 0 Å². The van der Waals surface area contributed by atoms with Crippen LogP contribution in [0.25, 0.3) is 11.1 Å². The second kappa shape index (κ2) is 11.1. The van der Waals surface area contributed by atoms with Gasteiger partial charge in [-0.1, -0.05) is 93.3 Å². The first kappa shape index (κ1) is 23.7. The summed E-state index contributed by atoms with van der Waals surface area (Å²) in [5.41, 5.74) is 5.97. The van der Waals surface area contributed by atoms with Gasteiger partial charge in [-0.05, 0) is 53.3 Å². The fourth-order valence-corrected chi connectivity index (χ4v) is 4.89. The predicted molar refractivity (Wildman–Crippen MR) is 137 cm³/mol. The van der Waals surface area contributed by atoms with Crippen LogP contribution in [-0.2, 0) is 14.3 Å². The molecule has 1 unspecified atom stereocenters. The van der Waals surface area contributed by atoms with Crippen LogP contribution in [0.3, 0.4) is 0 Å². The molecule has 0 fully saturated rings. The highest BCUT2D eigenvalue weighted by atomic mass is 16.5. The minimum absolute atomic E-state index is 0.0494. The molecule has 0 heterocycles. The van der Waals surface area contributed by atoms with E-state index in [1.54, 1.807) is 0 Å². The van der Waals surface area contributed by atoms with Gasteiger partial charge < -0.3 is 10.1 Å². The average Bonchev–Trinajstić information content (AvgIpc) is 3.19. The summed E-state index contributed by atoms with van der Waals surface area (Å²) in [5.74, 6) is -0.824. The summed E-state index contributed by atoms with van der Waals surface area (Å²) >= 11 is 0. The summed E-state index contributed by atoms with van der Waals surface area (Å²) in [6.45, 7) is 4.39. The van der Waals surface area contributed by atoms with Crippen molar-refractivity contribution in [2.24, 2.45) is 0 Å². The Kier molecular flexibility index (Phi) is 7.79. The van der Waals surface area contributed by atoms with E-state index in [0.29, 0.717) is 6.61 Å². The smallest absolute Gasteiger partial charge is 0.313 e. The number of nitrogens with one attached hydrogen (secondary N) is 1. The van der Waals surface area contributed by atoms with Crippen molar-refractivity contribution in [2.75, 3.05) is 11.9 Å². The number of ether oxygens (including phenoxy) is 1. The number of amides is 1. The molecule has 0 spiro atoms. The number of carbonyl (C=O) groups excluding carboxylic acids is 2. The van der Waals surface area contributed by atoms with Crippen molar-refractivity contribution >= 4 is 17.6 Å². The molecule has 0 aromatic heterocycles. The fourth-order valence-electron chi connectivity index (χ4n) is 4.89. The standard InChI is InChI=1S/C30H33NO3/c1-3-5-6-7-12-23(30(33)34-4-2)21-17-19-22(20-18-21)31-29(32)28-26-15-10-8-13-24(26)25-14-9-11-16-27(25)28/h8-11,13-20,23,28H,3-7,12H2,1-2H3,(H,31,32). The molecular weight excluding hydrogens is 422 g/mol. The second-order valence-electron chi connectivity index (χ2n) is 8.87. The van der Waals surface area contributed by atoms with Crippen molar-refractivity contribution in [1.82, 2.24) is 0 Å². The van der Waals surface area contributed by atoms with E-state index in [1.165, 1.54) is 6.42 Å². The molecule has 4 nitrogen and oxygen atoms in total. The van der Waals surface area contributed by atoms with Gasteiger partial charge in [0.1, 0.15) is 0 Å². The minimum atomic E-state index is -0.335. The van der Waals surface area contributed by atoms with Gasteiger partial charge in [-0.25, -0.2) is 0 Å². The van der Waals surface area contributed by atoms with Gasteiger partial charge in [0, 0.05) is 5.69 Å². The molecule has 0 saturated heterocycles. The molecule has 34 heavy (non-hydrogen) atoms. The van der Waals surface area contributed by atoms with Crippen LogP contribution in [0.1, 0.15) is 74.5 Å². The fraction of sp³-hybridized carbons (Fsp3) is 0.333. The number of hydrogen-bond acceptors (Lipinski definition) is 3. The average molecular weight is 456 g/mol. The van der Waals surface area contributed by atoms with Crippen molar-refractivity contribution in [2.45, 2.75) is 57.8 Å². The zero-order valence-corrected chi connectivity index (χ0v) is 20.1. The van der Waals surface area contributed by atoms with Gasteiger partial charge in [0.25, 0.3) is 0 Å². The molecule has 0 bridgehead atoms. The number of hydrogen-bond donors (Lipinski definition) is 1. The lowest BCUT2D eigenvalue weighted by Gasteiger charge is -2.17. The highest BCUT2D eigenvalue weighted by Gasteiger charge is 2.33. The molecule has 3 aromatic rings. The number of benzene rings is 3. The van der Waals surface area contributed by atoms with Crippen LogP contribution in [0.2, 0.25) is 0 Å². The summed E-state index contributed by atoms with van der Waals surface area (Å²) in [6, 6.07) is 23.9. The summed E-state index contributed by atoms with van der Waals surface area (Å²) in [6.07, 6.45) is 5.23. The van der Waals surface area contributed by atoms with E-state index in [0.717, 1.165) is 59.2 Å². The molecule has 3 aromatic carbocycles. The van der Waals surface area contributed by atoms with Crippen LogP contribution in [-0.4, -0.2) is 18.5 Å². The number of anilines is 1. The summed E-state index contributed by atoms with van der Waals surface area (Å²) in [4.78, 5) is 26.0. The van der Waals surface area contributed by atoms with Gasteiger partial charge in [0.15, 0.2) is 0 Å². The molecule has 1 N–H and O–H groups in total. The van der Waals surface area contributed by atoms with Crippen LogP contribution in [0.15, 0.2) is 72.8 Å². The molecule has 0 radical (unpaired) electrons. The maximum absolute atomic E-state index is 13.4. The Morgan fingerprint density at radius 2 is 1.44 bits per heavy atom. The Balaban J connectivity index is 1.50. The normalized spacial score (nSPS) is 13.1. The van der Waals surface area contributed by atoms with Gasteiger partial charge in [-0.3, -0.25) is 9.59 Å². The van der Waals surface area contributed by atoms with Crippen molar-refractivity contribution in [3.8, 4) is 11.1 Å². The summed E-state index contributed by atoms with van der Waals surface area (Å²) in [7, 11) is 0. The quantitative estimate of drug-likeness (QED) is 0.263. The van der Waals surface area contributed by atoms with E-state index < -0.39 is 0 Å². The van der Waals surface area contributed by atoms with E-state index in [1.807, 2.05) is 67.6 Å². The maximum Gasteiger partial charge on any atom is 0.313 e. The molecule has 1 atom stereocenters. The molecule has 4 heteroatoms. The first-order chi connectivity index (χ1) is 16.6. The van der Waals surface area contributed by atoms with E-state index in [9.17, 15) is 9.59 Å². The number of esters is 1. The number of carbonyl (C=O) groups is 2. The topological polar surface area (TPSA) is 55.4 Å². The lowest BCUT2D eigenvalue weighted by molar-refractivity contribution is -0.145. The molecule has 1 amide bonds. The summed E-state index contributed by atoms with van der Waals surface area (Å²) < 4.78 is 5.34. The highest BCUT2D eigenvalue weighted by Crippen LogP contribution is 2.45. The van der Waals surface area contributed by atoms with Gasteiger partial charge in [-0.2, -0.15) is 0 Å². The van der Waals surface area contributed by atoms with Gasteiger partial charge in [0.2, 0.25) is 5.91 Å². The van der Waals surface area contributed by atoms with Crippen LogP contribution < -0.4 is 5.32 Å². The molecule has 1 aliphatic carbocycles. The van der Waals surface area contributed by atoms with Gasteiger partial charge >= 0.3 is 5.97 Å². The molecular formula is C30H33NO3. The lowest BCUT2D eigenvalue weighted by Crippen LogP contribution is -2.20. The Morgan fingerprint density at radius 1 is 0.824 bits per heavy atom. The largest absolute Gasteiger partial charge is 0.466 e. The Hall–Kier alpha value is -3.40. The first-order valence-corrected chi connectivity index (χ1v) is 12.4. The maximum atomic E-state index is 13.4. The zero-order chi connectivity index (χ0) is 23.9. The third-order valence-electron chi connectivity index (χ3n) is 6.59. The van der Waals surface area contributed by atoms with Crippen molar-refractivity contribution < 1.29 is 14.3 Å². The van der Waals surface area contributed by atoms with Crippen LogP contribution in [0.5, 0.6) is 0 Å². The van der Waals surface area contributed by atoms with Crippen LogP contribution in [0, 0.1) is 0 Å². The predicted octanol–water partition coefficient (Wildman–Crippen LogP) is 7.05. The molecule has 1 aliphatic rings. The monoisotopic (exact) mass is 455 g/mol. The third-order valence-corrected chi connectivity index (χ3v) is 6.59. The van der Waals surface area contributed by atoms with Crippen molar-refractivity contribution in [3.05, 3.63) is 89.5 Å². The Bertz CT molecular complexity index is 1090. The second-order valence-corrected chi connectivity index (χ2v) is 8.87. The Labute approximate surface area is 202 Å². The number of rotatable bonds is 10. The molecule has 176 valence electrons. The van der Waals surface area contributed by atoms with E-state index in [-0.39, 0.29) is 23.7 Å². The Morgan fingerprint density at radius 3 is 2.03 bits per heavy atom. The highest BCUT2D eigenvalue weighted by molar-refractivity contribution is 6.03. The molecule has 0 saturated carbocycles. The zero-order valence-electron chi connectivity index (χ0n) is 20.1. The lowest BCUT2D eigenvalue weighted by atomic mass is 9.92. The van der Waals surface area contributed by atoms with E-state index in [2.05, 4.69) is 24.4 Å². The van der Waals surface area contributed by atoms with Crippen molar-refractivity contribution in [1.29, 1.82) is 0 Å². The van der Waals surface area contributed by atoms with E-state index in [4.69, 9.17) is 4.74 Å². The number of fused-ring (bicyclic) bond motifs is 3. The molecule has 0 aliphatic heterocycles. The molecule has 4 rings (SSSR count). The number of unbranched alkanes of at least 4 members (excludes halogenated alkanes) is 3. The van der Waals surface area contributed by atoms with Crippen LogP contribution in [0.4, 0.5) is 5.69 Å². The van der Waals surface area contributed by atoms with Gasteiger partial charge in [0.05, 0.1) is 18.4 Å². The SMILES string of the molecule is CCCCCCC(C(=O)OCC)c1ccc(NC(=O)C2c3ccccc3-c3ccccc32)cc1. The summed E-state index contributed by atoms with van der Waals surface area (Å²) in [5, 5.41) is 3.09. The van der Waals surface area contributed by atoms with Gasteiger partial charge in [-0.15, -0.1) is 0 Å². The van der Waals surface area contributed by atoms with Crippen molar-refractivity contribution in [3.63, 3.8) is 0 Å². The third kappa shape index (κ3) is 5.06. The van der Waals surface area contributed by atoms with E-state index >= 15 is 0 Å².